The fraction of sp³-hybridized carbons (Fsp3) is 0.305. The fourth-order valence-corrected chi connectivity index (χ4v) is 12.1. The molecule has 0 saturated carbocycles. The van der Waals surface area contributed by atoms with Gasteiger partial charge in [-0.25, -0.2) is 39.5 Å². The zero-order valence-electron chi connectivity index (χ0n) is 65.3. The maximum atomic E-state index is 12.1. The third-order valence-electron chi connectivity index (χ3n) is 18.0. The molecule has 0 fully saturated rings. The number of aliphatic carboxylic acids is 1. The number of rotatable bonds is 20. The number of hydrogen-bond donors (Lipinski definition) is 7. The van der Waals surface area contributed by atoms with E-state index >= 15 is 0 Å². The van der Waals surface area contributed by atoms with Gasteiger partial charge in [0.2, 0.25) is 7.00 Å². The van der Waals surface area contributed by atoms with E-state index in [1.807, 2.05) is 143 Å². The molecule has 597 valence electrons. The van der Waals surface area contributed by atoms with Crippen molar-refractivity contribution in [3.05, 3.63) is 218 Å². The number of carboxylic acid groups (broad SMARTS) is 1. The van der Waals surface area contributed by atoms with E-state index in [0.29, 0.717) is 43.5 Å². The number of imidazole rings is 6. The number of aromatic amines is 1. The van der Waals surface area contributed by atoms with Crippen molar-refractivity contribution in [2.24, 2.45) is 41.0 Å². The van der Waals surface area contributed by atoms with Crippen LogP contribution in [0.1, 0.15) is 29.2 Å². The number of β-amino-alcohol motifs (C(OH)–C–C–N with tert-alkyl or cyclic N) is 2. The molecule has 0 aliphatic carbocycles. The highest BCUT2D eigenvalue weighted by Crippen LogP contribution is 2.26. The summed E-state index contributed by atoms with van der Waals surface area (Å²) in [6.45, 7) is 10.4. The van der Waals surface area contributed by atoms with Crippen molar-refractivity contribution in [1.82, 2.24) is 72.8 Å². The van der Waals surface area contributed by atoms with Gasteiger partial charge in [0.25, 0.3) is 5.91 Å². The van der Waals surface area contributed by atoms with Gasteiger partial charge in [-0.1, -0.05) is 55.4 Å². The average Bonchev–Trinajstić information content (AvgIpc) is 1.47. The van der Waals surface area contributed by atoms with Crippen molar-refractivity contribution in [1.29, 1.82) is 0 Å². The molecule has 30 nitrogen and oxygen atoms in total. The number of aromatic nitrogens is 12. The highest BCUT2D eigenvalue weighted by molar-refractivity contribution is 7.60. The van der Waals surface area contributed by atoms with Gasteiger partial charge in [-0.15, -0.1) is 0 Å². The number of methoxy groups -OCH3 is 2. The average molecular weight is 1570 g/mol. The van der Waals surface area contributed by atoms with Crippen LogP contribution in [-0.4, -0.2) is 205 Å². The maximum absolute atomic E-state index is 12.1. The van der Waals surface area contributed by atoms with Gasteiger partial charge < -0.3 is 87.7 Å². The fourth-order valence-electron chi connectivity index (χ4n) is 12.1. The van der Waals surface area contributed by atoms with Crippen LogP contribution in [0.4, 0.5) is 0 Å². The van der Waals surface area contributed by atoms with Crippen LogP contribution >= 0.6 is 8.34 Å². The van der Waals surface area contributed by atoms with Crippen molar-refractivity contribution >= 4 is 99.4 Å². The number of carbonyl (C=O) groups is 3. The number of carboxylic acids is 1. The van der Waals surface area contributed by atoms with E-state index in [-0.39, 0.29) is 52.3 Å². The van der Waals surface area contributed by atoms with Gasteiger partial charge in [-0.05, 0) is 115 Å². The van der Waals surface area contributed by atoms with E-state index in [4.69, 9.17) is 44.4 Å². The summed E-state index contributed by atoms with van der Waals surface area (Å²) >= 11 is 0. The molecule has 0 bridgehead atoms. The molecular weight excluding hydrogens is 1470 g/mol. The lowest BCUT2D eigenvalue weighted by molar-refractivity contribution is -0.145. The molecule has 6 aromatic heterocycles. The summed E-state index contributed by atoms with van der Waals surface area (Å²) in [4.78, 5) is 66.0. The lowest BCUT2D eigenvalue weighted by Gasteiger charge is -2.30. The van der Waals surface area contributed by atoms with Gasteiger partial charge in [0.15, 0.2) is 19.8 Å². The Morgan fingerprint density at radius 1 is 0.526 bits per heavy atom. The number of ether oxygens (including phenoxy) is 6. The van der Waals surface area contributed by atoms with Crippen molar-refractivity contribution in [3.63, 3.8) is 0 Å². The zero-order valence-corrected chi connectivity index (χ0v) is 66.2. The van der Waals surface area contributed by atoms with E-state index in [9.17, 15) is 29.2 Å². The third-order valence-corrected chi connectivity index (χ3v) is 18.2. The topological polar surface area (TPSA) is 367 Å². The third kappa shape index (κ3) is 25.6. The molecule has 0 spiro atoms. The van der Waals surface area contributed by atoms with Crippen LogP contribution in [0.3, 0.4) is 0 Å². The molecule has 32 heteroatoms. The summed E-state index contributed by atoms with van der Waals surface area (Å²) in [6, 6.07) is 50.0. The van der Waals surface area contributed by atoms with E-state index in [1.54, 1.807) is 103 Å². The van der Waals surface area contributed by atoms with Crippen LogP contribution in [0.25, 0.3) is 66.2 Å². The number of esters is 1. The summed E-state index contributed by atoms with van der Waals surface area (Å²) < 4.78 is 49.6. The maximum Gasteiger partial charge on any atom is 0.344 e. The van der Waals surface area contributed by atoms with Crippen molar-refractivity contribution in [2.45, 2.75) is 51.9 Å². The predicted octanol–water partition coefficient (Wildman–Crippen LogP) is 9.78. The Kier molecular flexibility index (Phi) is 32.7. The second-order valence-corrected chi connectivity index (χ2v) is 27.1. The van der Waals surface area contributed by atoms with E-state index in [0.717, 1.165) is 117 Å². The van der Waals surface area contributed by atoms with Gasteiger partial charge in [-0.3, -0.25) is 19.2 Å². The summed E-state index contributed by atoms with van der Waals surface area (Å²) in [6.07, 6.45) is 11.4. The molecule has 114 heavy (non-hydrogen) atoms. The van der Waals surface area contributed by atoms with E-state index < -0.39 is 18.2 Å². The SMILES string of the molecule is CCOC(=O)COc1ccc2c(c1)ncn2C.COc1ccc2c(c1)ncn2C.COc1ccc2nc[nH]c2c1.C[B]P=O.Cn1cnc2cc(O)ccc21.Cn1cnc2cc(OCC(=O)NCC(O)CN3CCc4ccccc4C3)ccc21.Cn1cnc2cc(OCC(=O)O)ccc21.NCC(O)CN1CCc2ccccc2C1. The Balaban J connectivity index is 0.000000155. The Morgan fingerprint density at radius 2 is 0.921 bits per heavy atom. The lowest BCUT2D eigenvalue weighted by atomic mass is 10.00. The zero-order chi connectivity index (χ0) is 81.5. The monoisotopic (exact) mass is 1570 g/mol. The normalized spacial score (nSPS) is 12.6. The van der Waals surface area contributed by atoms with Gasteiger partial charge in [0.05, 0.1) is 146 Å². The number of hydrogen-bond acceptors (Lipinski definition) is 22. The summed E-state index contributed by atoms with van der Waals surface area (Å²) in [5.74, 6) is 2.07. The Morgan fingerprint density at radius 3 is 1.36 bits per heavy atom. The molecule has 0 saturated heterocycles. The van der Waals surface area contributed by atoms with Crippen LogP contribution in [0.5, 0.6) is 34.5 Å². The first kappa shape index (κ1) is 85.8. The molecule has 1 amide bonds. The Hall–Kier alpha value is -12.2. The number of benzene rings is 8. The largest absolute Gasteiger partial charge is 0.508 e. The minimum absolute atomic E-state index is 0.0772. The highest BCUT2D eigenvalue weighted by Gasteiger charge is 2.21. The van der Waals surface area contributed by atoms with Crippen LogP contribution in [-0.2, 0) is 84.9 Å². The molecule has 2 atom stereocenters. The molecule has 1 radical (unpaired) electrons. The molecule has 8 aromatic carbocycles. The molecular formula is C82H97BN16O14P. The second-order valence-electron chi connectivity index (χ2n) is 26.3. The van der Waals surface area contributed by atoms with Gasteiger partial charge in [0.1, 0.15) is 34.5 Å². The Bertz CT molecular complexity index is 5410. The number of carbonyl (C=O) groups excluding carboxylic acids is 2. The first-order chi connectivity index (χ1) is 55.1. The number of H-pyrrole nitrogens is 1. The van der Waals surface area contributed by atoms with Crippen molar-refractivity contribution < 1.29 is 67.8 Å². The number of nitrogens with one attached hydrogen (secondary N) is 2. The number of aliphatic hydroxyl groups excluding tert-OH is 2. The van der Waals surface area contributed by atoms with E-state index in [2.05, 4.69) is 92.5 Å². The quantitative estimate of drug-likeness (QED) is 0.0212. The van der Waals surface area contributed by atoms with Gasteiger partial charge in [-0.2, -0.15) is 0 Å². The first-order valence-electron chi connectivity index (χ1n) is 36.7. The first-order valence-corrected chi connectivity index (χ1v) is 37.6. The second kappa shape index (κ2) is 43.5. The van der Waals surface area contributed by atoms with Gasteiger partial charge >= 0.3 is 11.9 Å². The molecule has 8 N–H and O–H groups in total. The van der Waals surface area contributed by atoms with Crippen LogP contribution in [0.15, 0.2) is 196 Å². The molecule has 2 aliphatic heterocycles. The number of phenolic OH excluding ortho intramolecular Hbond substituents is 1. The Labute approximate surface area is 662 Å². The molecule has 2 unspecified atom stereocenters. The number of nitrogens with two attached hydrogens (primary N) is 1. The molecule has 8 heterocycles. The van der Waals surface area contributed by atoms with Crippen LogP contribution in [0.2, 0.25) is 6.82 Å². The van der Waals surface area contributed by atoms with Crippen LogP contribution < -0.4 is 34.7 Å². The van der Waals surface area contributed by atoms with Crippen molar-refractivity contribution in [3.8, 4) is 34.5 Å². The molecule has 2 aliphatic rings. The molecule has 14 aromatic rings. The standard InChI is InChI=1S/C22H26N4O3.C12H14N2O3.C12H18N2O.C10H10N2O3.C9H10N2O.2C8H8N2O.CH3BOP/c1-25-15-24-20-10-19(6-7-21(20)25)29-14-22(28)23-11-18(27)13-26-9-8-16-4-2-3-5-17(16)12-26;1-3-16-12(15)7-17-9-4-5-11-10(6-9)13-8-14(11)2;13-7-12(15)9-14-6-5-10-3-1-2-4-11(10)8-14;1-12-6-11-8-4-7(2-3-9(8)12)15-5-10(13)14;1-11-6-10-8-5-7(12-2)3-4-9(8)11;1-10-5-9-7-4-6(11)2-3-8(7)10;1-11-6-2-3-7-8(4-6)10-5-9-7;1-2-4-3/h2-7,10,15,18,27H,8-9,11-14H2,1H3,(H,23,28);4-6,8H,3,7H2,1-2H3;1-4,12,15H,5-9,13H2;2-4,6H,5H2,1H3,(H,13,14);3-6H,1-2H3;2-5,11H,1H3;2-5H,1H3,(H,9,10);1H3. The van der Waals surface area contributed by atoms with Crippen molar-refractivity contribution in [2.75, 3.05) is 79.9 Å². The highest BCUT2D eigenvalue weighted by atomic mass is 31.1. The van der Waals surface area contributed by atoms with Crippen LogP contribution in [0, 0.1) is 0 Å². The summed E-state index contributed by atoms with van der Waals surface area (Å²) in [5.41, 5.74) is 22.3. The summed E-state index contributed by atoms with van der Waals surface area (Å²) in [5, 5.41) is 40.1. The molecule has 16 rings (SSSR count). The number of amides is 1. The lowest BCUT2D eigenvalue weighted by Crippen LogP contribution is -2.42. The number of nitrogens with zero attached hydrogens (tertiary/aromatic N) is 13. The number of fused-ring (bicyclic) bond motifs is 8. The number of phenols is 1. The smallest absolute Gasteiger partial charge is 0.344 e. The number of aryl methyl sites for hydroxylation is 5. The minimum atomic E-state index is -0.990. The van der Waals surface area contributed by atoms with E-state index in [1.165, 1.54) is 22.3 Å². The van der Waals surface area contributed by atoms with Gasteiger partial charge in [0, 0.05) is 124 Å². The number of aliphatic hydroxyl groups is 2. The predicted molar refractivity (Wildman–Crippen MR) is 439 cm³/mol. The number of aromatic hydroxyl groups is 1. The minimum Gasteiger partial charge on any atom is -0.508 e. The summed E-state index contributed by atoms with van der Waals surface area (Å²) in [7, 11) is 13.1.